The maximum Gasteiger partial charge on any atom is 0.337 e. The minimum Gasteiger partial charge on any atom is -0.496 e. The second-order valence-corrected chi connectivity index (χ2v) is 4.49. The maximum absolute atomic E-state index is 11.4. The van der Waals surface area contributed by atoms with Gasteiger partial charge in [-0.1, -0.05) is 18.2 Å². The number of nitrogens with zero attached hydrogens (tertiary/aromatic N) is 2. The topological polar surface area (TPSA) is 62.7 Å². The van der Waals surface area contributed by atoms with E-state index in [1.165, 1.54) is 6.20 Å². The van der Waals surface area contributed by atoms with Gasteiger partial charge in [-0.25, -0.2) is 9.78 Å². The summed E-state index contributed by atoms with van der Waals surface area (Å²) in [5, 5.41) is 9.33. The van der Waals surface area contributed by atoms with Crippen molar-refractivity contribution in [2.24, 2.45) is 0 Å². The second kappa shape index (κ2) is 5.61. The number of carboxylic acid groups (broad SMARTS) is 1. The number of anilines is 1. The molecule has 1 aromatic carbocycles. The summed E-state index contributed by atoms with van der Waals surface area (Å²) in [6.45, 7) is 0. The minimum absolute atomic E-state index is 0.153. The first-order chi connectivity index (χ1) is 9.54. The van der Waals surface area contributed by atoms with Gasteiger partial charge in [-0.15, -0.1) is 0 Å². The van der Waals surface area contributed by atoms with Gasteiger partial charge in [-0.2, -0.15) is 0 Å². The lowest BCUT2D eigenvalue weighted by atomic mass is 10.0. The molecular weight excluding hydrogens is 256 g/mol. The van der Waals surface area contributed by atoms with Crippen molar-refractivity contribution in [3.8, 4) is 16.9 Å². The molecule has 1 heterocycles. The Labute approximate surface area is 117 Å². The van der Waals surface area contributed by atoms with Gasteiger partial charge in [0, 0.05) is 31.4 Å². The number of hydrogen-bond acceptors (Lipinski definition) is 4. The van der Waals surface area contributed by atoms with Crippen molar-refractivity contribution in [1.29, 1.82) is 0 Å². The van der Waals surface area contributed by atoms with Gasteiger partial charge in [-0.05, 0) is 12.1 Å². The predicted molar refractivity (Wildman–Crippen MR) is 77.5 cm³/mol. The molecule has 0 unspecified atom stereocenters. The molecule has 5 nitrogen and oxygen atoms in total. The Bertz CT molecular complexity index is 639. The fraction of sp³-hybridized carbons (Fsp3) is 0.200. The third kappa shape index (κ3) is 2.56. The van der Waals surface area contributed by atoms with Crippen molar-refractivity contribution in [2.75, 3.05) is 26.1 Å². The second-order valence-electron chi connectivity index (χ2n) is 4.49. The quantitative estimate of drug-likeness (QED) is 0.926. The number of rotatable bonds is 4. The molecule has 0 atom stereocenters. The summed E-state index contributed by atoms with van der Waals surface area (Å²) in [7, 11) is 5.27. The Morgan fingerprint density at radius 3 is 2.55 bits per heavy atom. The van der Waals surface area contributed by atoms with E-state index in [9.17, 15) is 9.90 Å². The fourth-order valence-corrected chi connectivity index (χ4v) is 1.95. The van der Waals surface area contributed by atoms with Crippen LogP contribution in [0.25, 0.3) is 11.1 Å². The number of ether oxygens (including phenoxy) is 1. The minimum atomic E-state index is -1.01. The van der Waals surface area contributed by atoms with Crippen molar-refractivity contribution in [2.45, 2.75) is 0 Å². The Morgan fingerprint density at radius 1 is 1.25 bits per heavy atom. The van der Waals surface area contributed by atoms with Crippen LogP contribution in [0.1, 0.15) is 10.4 Å². The number of pyridine rings is 1. The van der Waals surface area contributed by atoms with Crippen molar-refractivity contribution in [3.63, 3.8) is 0 Å². The van der Waals surface area contributed by atoms with E-state index in [4.69, 9.17) is 4.74 Å². The van der Waals surface area contributed by atoms with E-state index in [1.807, 2.05) is 37.2 Å². The Hall–Kier alpha value is -2.56. The van der Waals surface area contributed by atoms with Crippen LogP contribution in [-0.2, 0) is 0 Å². The highest BCUT2D eigenvalue weighted by Crippen LogP contribution is 2.33. The van der Waals surface area contributed by atoms with Crippen LogP contribution in [0.3, 0.4) is 0 Å². The summed E-state index contributed by atoms with van der Waals surface area (Å²) in [4.78, 5) is 17.4. The monoisotopic (exact) mass is 272 g/mol. The van der Waals surface area contributed by atoms with Crippen LogP contribution in [0, 0.1) is 0 Å². The summed E-state index contributed by atoms with van der Waals surface area (Å²) in [6.07, 6.45) is 1.37. The molecule has 0 radical (unpaired) electrons. The molecule has 104 valence electrons. The van der Waals surface area contributed by atoms with Crippen LogP contribution in [-0.4, -0.2) is 37.3 Å². The zero-order valence-corrected chi connectivity index (χ0v) is 11.6. The first-order valence-electron chi connectivity index (χ1n) is 6.08. The molecule has 1 N–H and O–H groups in total. The van der Waals surface area contributed by atoms with Crippen LogP contribution in [0.2, 0.25) is 0 Å². The summed E-state index contributed by atoms with van der Waals surface area (Å²) in [6, 6.07) is 9.08. The summed E-state index contributed by atoms with van der Waals surface area (Å²) >= 11 is 0. The van der Waals surface area contributed by atoms with Gasteiger partial charge in [-0.3, -0.25) is 0 Å². The number of benzene rings is 1. The van der Waals surface area contributed by atoms with Crippen molar-refractivity contribution in [1.82, 2.24) is 4.98 Å². The summed E-state index contributed by atoms with van der Waals surface area (Å²) < 4.78 is 5.31. The molecule has 0 bridgehead atoms. The van der Waals surface area contributed by atoms with Gasteiger partial charge >= 0.3 is 5.97 Å². The lowest BCUT2D eigenvalue weighted by Crippen LogP contribution is -2.12. The first-order valence-corrected chi connectivity index (χ1v) is 6.08. The lowest BCUT2D eigenvalue weighted by molar-refractivity contribution is 0.0697. The van der Waals surface area contributed by atoms with Crippen LogP contribution in [0.4, 0.5) is 5.82 Å². The Balaban J connectivity index is 2.69. The molecule has 2 aromatic rings. The molecule has 0 spiro atoms. The van der Waals surface area contributed by atoms with E-state index in [1.54, 1.807) is 19.2 Å². The molecule has 2 rings (SSSR count). The zero-order valence-electron chi connectivity index (χ0n) is 11.6. The van der Waals surface area contributed by atoms with E-state index in [-0.39, 0.29) is 5.56 Å². The van der Waals surface area contributed by atoms with Crippen molar-refractivity contribution in [3.05, 3.63) is 42.1 Å². The Morgan fingerprint density at radius 2 is 1.95 bits per heavy atom. The molecule has 0 aliphatic carbocycles. The van der Waals surface area contributed by atoms with Gasteiger partial charge in [0.05, 0.1) is 12.7 Å². The molecular formula is C15H16N2O3. The van der Waals surface area contributed by atoms with E-state index in [0.29, 0.717) is 17.1 Å². The third-order valence-electron chi connectivity index (χ3n) is 2.98. The lowest BCUT2D eigenvalue weighted by Gasteiger charge is -2.15. The summed E-state index contributed by atoms with van der Waals surface area (Å²) in [5.74, 6) is 0.311. The van der Waals surface area contributed by atoms with E-state index >= 15 is 0 Å². The number of carbonyl (C=O) groups is 1. The highest BCUT2D eigenvalue weighted by Gasteiger charge is 2.16. The highest BCUT2D eigenvalue weighted by molar-refractivity contribution is 5.97. The number of aromatic carboxylic acids is 1. The van der Waals surface area contributed by atoms with Crippen LogP contribution in [0.15, 0.2) is 36.5 Å². The normalized spacial score (nSPS) is 10.2. The number of hydrogen-bond donors (Lipinski definition) is 1. The number of aromatic nitrogens is 1. The number of para-hydroxylation sites is 1. The maximum atomic E-state index is 11.4. The number of methoxy groups -OCH3 is 1. The van der Waals surface area contributed by atoms with Crippen LogP contribution < -0.4 is 9.64 Å². The van der Waals surface area contributed by atoms with E-state index in [2.05, 4.69) is 4.98 Å². The number of carboxylic acids is 1. The van der Waals surface area contributed by atoms with Gasteiger partial charge in [0.25, 0.3) is 0 Å². The predicted octanol–water partition coefficient (Wildman–Crippen LogP) is 2.52. The average molecular weight is 272 g/mol. The van der Waals surface area contributed by atoms with Gasteiger partial charge in [0.15, 0.2) is 0 Å². The molecule has 0 aliphatic rings. The largest absolute Gasteiger partial charge is 0.496 e. The van der Waals surface area contributed by atoms with Gasteiger partial charge in [0.1, 0.15) is 11.6 Å². The van der Waals surface area contributed by atoms with Gasteiger partial charge < -0.3 is 14.7 Å². The molecule has 5 heteroatoms. The van der Waals surface area contributed by atoms with Crippen molar-refractivity contribution < 1.29 is 14.6 Å². The standard InChI is InChI=1S/C15H16N2O3/c1-17(2)14-8-11(12(9-16-14)15(18)19)10-6-4-5-7-13(10)20-3/h4-9H,1-3H3,(H,18,19). The SMILES string of the molecule is COc1ccccc1-c1cc(N(C)C)ncc1C(=O)O. The first kappa shape index (κ1) is 13.9. The van der Waals surface area contributed by atoms with Gasteiger partial charge in [0.2, 0.25) is 0 Å². The molecule has 0 saturated carbocycles. The molecule has 20 heavy (non-hydrogen) atoms. The molecule has 1 aromatic heterocycles. The average Bonchev–Trinajstić information content (AvgIpc) is 2.46. The fourth-order valence-electron chi connectivity index (χ4n) is 1.95. The smallest absolute Gasteiger partial charge is 0.337 e. The van der Waals surface area contributed by atoms with Crippen LogP contribution in [0.5, 0.6) is 5.75 Å². The molecule has 0 saturated heterocycles. The summed E-state index contributed by atoms with van der Waals surface area (Å²) in [5.41, 5.74) is 1.48. The Kier molecular flexibility index (Phi) is 3.89. The van der Waals surface area contributed by atoms with Crippen molar-refractivity contribution >= 4 is 11.8 Å². The molecule has 0 amide bonds. The molecule has 0 aliphatic heterocycles. The third-order valence-corrected chi connectivity index (χ3v) is 2.98. The molecule has 0 fully saturated rings. The van der Waals surface area contributed by atoms with Crippen LogP contribution >= 0.6 is 0 Å². The zero-order chi connectivity index (χ0) is 14.7. The van der Waals surface area contributed by atoms with E-state index < -0.39 is 5.97 Å². The van der Waals surface area contributed by atoms with E-state index in [0.717, 1.165) is 5.56 Å². The highest BCUT2D eigenvalue weighted by atomic mass is 16.5.